The lowest BCUT2D eigenvalue weighted by atomic mass is 10.2. The fraction of sp³-hybridized carbons (Fsp3) is 0.562. The molecule has 0 amide bonds. The molecule has 0 spiro atoms. The molecule has 4 nitrogen and oxygen atoms in total. The van der Waals surface area contributed by atoms with E-state index in [-0.39, 0.29) is 0 Å². The molecule has 0 saturated carbocycles. The fourth-order valence-electron chi connectivity index (χ4n) is 2.20. The lowest BCUT2D eigenvalue weighted by Crippen LogP contribution is -2.19. The maximum atomic E-state index is 4.37. The van der Waals surface area contributed by atoms with Crippen molar-refractivity contribution in [3.8, 4) is 0 Å². The third-order valence-corrected chi connectivity index (χ3v) is 4.40. The van der Waals surface area contributed by atoms with Crippen LogP contribution in [0.15, 0.2) is 24.5 Å². The SMILES string of the molecule is CC(C)CNCc1ccc(CN(C)Cc2nccn2C)s1. The maximum Gasteiger partial charge on any atom is 0.122 e. The molecule has 0 aromatic carbocycles. The van der Waals surface area contributed by atoms with Gasteiger partial charge in [-0.2, -0.15) is 0 Å². The van der Waals surface area contributed by atoms with Gasteiger partial charge in [0.1, 0.15) is 5.82 Å². The van der Waals surface area contributed by atoms with Crippen LogP contribution >= 0.6 is 11.3 Å². The van der Waals surface area contributed by atoms with Crippen LogP contribution in [0.4, 0.5) is 0 Å². The molecule has 5 heteroatoms. The second-order valence-corrected chi connectivity index (χ2v) is 7.27. The Bertz CT molecular complexity index is 544. The predicted molar refractivity (Wildman–Crippen MR) is 89.2 cm³/mol. The highest BCUT2D eigenvalue weighted by atomic mass is 32.1. The molecule has 21 heavy (non-hydrogen) atoms. The van der Waals surface area contributed by atoms with Crippen molar-refractivity contribution in [3.05, 3.63) is 40.1 Å². The monoisotopic (exact) mass is 306 g/mol. The van der Waals surface area contributed by atoms with E-state index in [1.807, 2.05) is 30.8 Å². The van der Waals surface area contributed by atoms with E-state index in [9.17, 15) is 0 Å². The number of hydrogen-bond donors (Lipinski definition) is 1. The molecule has 0 aliphatic heterocycles. The van der Waals surface area contributed by atoms with Crippen molar-refractivity contribution >= 4 is 11.3 Å². The first-order valence-electron chi connectivity index (χ1n) is 7.47. The molecule has 0 radical (unpaired) electrons. The molecule has 116 valence electrons. The Morgan fingerprint density at radius 1 is 1.29 bits per heavy atom. The normalized spacial score (nSPS) is 11.7. The summed E-state index contributed by atoms with van der Waals surface area (Å²) in [5.41, 5.74) is 0. The summed E-state index contributed by atoms with van der Waals surface area (Å²) in [6.07, 6.45) is 3.85. The van der Waals surface area contributed by atoms with E-state index in [0.717, 1.165) is 32.0 Å². The van der Waals surface area contributed by atoms with Crippen LogP contribution in [0.5, 0.6) is 0 Å². The zero-order valence-electron chi connectivity index (χ0n) is 13.5. The number of aromatic nitrogens is 2. The molecule has 0 atom stereocenters. The molecule has 1 N–H and O–H groups in total. The van der Waals surface area contributed by atoms with Crippen LogP contribution < -0.4 is 5.32 Å². The Morgan fingerprint density at radius 2 is 2.05 bits per heavy atom. The first-order chi connectivity index (χ1) is 10.0. The minimum Gasteiger partial charge on any atom is -0.337 e. The smallest absolute Gasteiger partial charge is 0.122 e. The first-order valence-corrected chi connectivity index (χ1v) is 8.29. The Morgan fingerprint density at radius 3 is 2.71 bits per heavy atom. The lowest BCUT2D eigenvalue weighted by molar-refractivity contribution is 0.310. The Kier molecular flexibility index (Phi) is 5.96. The number of nitrogens with one attached hydrogen (secondary N) is 1. The predicted octanol–water partition coefficient (Wildman–Crippen LogP) is 2.86. The minimum absolute atomic E-state index is 0.702. The lowest BCUT2D eigenvalue weighted by Gasteiger charge is -2.15. The number of rotatable bonds is 8. The molecule has 2 rings (SSSR count). The van der Waals surface area contributed by atoms with Gasteiger partial charge in [-0.15, -0.1) is 11.3 Å². The quantitative estimate of drug-likeness (QED) is 0.814. The molecule has 2 aromatic heterocycles. The number of imidazole rings is 1. The summed E-state index contributed by atoms with van der Waals surface area (Å²) in [5, 5.41) is 3.50. The van der Waals surface area contributed by atoms with Gasteiger partial charge in [0.2, 0.25) is 0 Å². The largest absolute Gasteiger partial charge is 0.337 e. The molecule has 0 aliphatic rings. The summed E-state index contributed by atoms with van der Waals surface area (Å²) in [5.74, 6) is 1.81. The van der Waals surface area contributed by atoms with E-state index in [1.54, 1.807) is 0 Å². The second-order valence-electron chi connectivity index (χ2n) is 6.02. The number of nitrogens with zero attached hydrogens (tertiary/aromatic N) is 3. The van der Waals surface area contributed by atoms with Crippen molar-refractivity contribution in [2.24, 2.45) is 13.0 Å². The van der Waals surface area contributed by atoms with Crippen molar-refractivity contribution in [2.45, 2.75) is 33.5 Å². The second kappa shape index (κ2) is 7.73. The summed E-state index contributed by atoms with van der Waals surface area (Å²) in [6, 6.07) is 4.48. The fourth-order valence-corrected chi connectivity index (χ4v) is 3.27. The highest BCUT2D eigenvalue weighted by Crippen LogP contribution is 2.18. The van der Waals surface area contributed by atoms with Crippen LogP contribution in [0.3, 0.4) is 0 Å². The molecule has 0 unspecified atom stereocenters. The summed E-state index contributed by atoms with van der Waals surface area (Å²) < 4.78 is 2.08. The molecule has 0 bridgehead atoms. The highest BCUT2D eigenvalue weighted by molar-refractivity contribution is 7.11. The van der Waals surface area contributed by atoms with E-state index in [1.165, 1.54) is 9.75 Å². The van der Waals surface area contributed by atoms with E-state index in [0.29, 0.717) is 5.92 Å². The van der Waals surface area contributed by atoms with E-state index in [4.69, 9.17) is 0 Å². The van der Waals surface area contributed by atoms with Crippen LogP contribution in [-0.4, -0.2) is 28.0 Å². The Hall–Kier alpha value is -1.17. The van der Waals surface area contributed by atoms with Crippen LogP contribution in [0.2, 0.25) is 0 Å². The Labute approximate surface area is 131 Å². The molecule has 2 aromatic rings. The minimum atomic E-state index is 0.702. The van der Waals surface area contributed by atoms with Gasteiger partial charge in [0, 0.05) is 42.3 Å². The first kappa shape index (κ1) is 16.2. The van der Waals surface area contributed by atoms with Crippen LogP contribution in [0.25, 0.3) is 0 Å². The standard InChI is InChI=1S/C16H26N4S/c1-13(2)9-17-10-14-5-6-15(21-14)11-19(3)12-16-18-7-8-20(16)4/h5-8,13,17H,9-12H2,1-4H3. The van der Waals surface area contributed by atoms with Gasteiger partial charge in [0.15, 0.2) is 0 Å². The maximum absolute atomic E-state index is 4.37. The van der Waals surface area contributed by atoms with Gasteiger partial charge in [-0.3, -0.25) is 4.90 Å². The van der Waals surface area contributed by atoms with Gasteiger partial charge in [0.25, 0.3) is 0 Å². The highest BCUT2D eigenvalue weighted by Gasteiger charge is 2.07. The van der Waals surface area contributed by atoms with Gasteiger partial charge in [0.05, 0.1) is 6.54 Å². The summed E-state index contributed by atoms with van der Waals surface area (Å²) >= 11 is 1.90. The number of aryl methyl sites for hydroxylation is 1. The summed E-state index contributed by atoms with van der Waals surface area (Å²) in [7, 11) is 4.19. The molecule has 0 aliphatic carbocycles. The Balaban J connectivity index is 1.80. The third kappa shape index (κ3) is 5.26. The third-order valence-electron chi connectivity index (χ3n) is 3.33. The van der Waals surface area contributed by atoms with Crippen molar-refractivity contribution in [2.75, 3.05) is 13.6 Å². The zero-order chi connectivity index (χ0) is 15.2. The molecular weight excluding hydrogens is 280 g/mol. The van der Waals surface area contributed by atoms with Crippen molar-refractivity contribution in [3.63, 3.8) is 0 Å². The van der Waals surface area contributed by atoms with Crippen LogP contribution in [-0.2, 0) is 26.7 Å². The van der Waals surface area contributed by atoms with Gasteiger partial charge >= 0.3 is 0 Å². The topological polar surface area (TPSA) is 33.1 Å². The zero-order valence-corrected chi connectivity index (χ0v) is 14.3. The van der Waals surface area contributed by atoms with E-state index in [2.05, 4.69) is 52.8 Å². The van der Waals surface area contributed by atoms with Crippen molar-refractivity contribution in [1.82, 2.24) is 19.8 Å². The average Bonchev–Trinajstić information content (AvgIpc) is 3.00. The summed E-state index contributed by atoms with van der Waals surface area (Å²) in [6.45, 7) is 8.38. The molecular formula is C16H26N4S. The number of hydrogen-bond acceptors (Lipinski definition) is 4. The van der Waals surface area contributed by atoms with Crippen LogP contribution in [0, 0.1) is 5.92 Å². The van der Waals surface area contributed by atoms with Gasteiger partial charge in [-0.05, 0) is 31.6 Å². The molecule has 2 heterocycles. The van der Waals surface area contributed by atoms with Gasteiger partial charge < -0.3 is 9.88 Å². The number of thiophene rings is 1. The van der Waals surface area contributed by atoms with Crippen molar-refractivity contribution in [1.29, 1.82) is 0 Å². The van der Waals surface area contributed by atoms with Crippen LogP contribution in [0.1, 0.15) is 29.4 Å². The van der Waals surface area contributed by atoms with Gasteiger partial charge in [-0.25, -0.2) is 4.98 Å². The van der Waals surface area contributed by atoms with Gasteiger partial charge in [-0.1, -0.05) is 13.8 Å². The molecule has 0 saturated heterocycles. The van der Waals surface area contributed by atoms with E-state index >= 15 is 0 Å². The molecule has 0 fully saturated rings. The van der Waals surface area contributed by atoms with E-state index < -0.39 is 0 Å². The van der Waals surface area contributed by atoms with Crippen molar-refractivity contribution < 1.29 is 0 Å². The summed E-state index contributed by atoms with van der Waals surface area (Å²) in [4.78, 5) is 9.50. The average molecular weight is 306 g/mol.